The number of hydrogen-bond donors (Lipinski definition) is 0. The van der Waals surface area contributed by atoms with Crippen molar-refractivity contribution in [2.24, 2.45) is 0 Å². The number of aromatic nitrogens is 1. The van der Waals surface area contributed by atoms with E-state index in [0.29, 0.717) is 0 Å². The summed E-state index contributed by atoms with van der Waals surface area (Å²) >= 11 is 0.822. The zero-order valence-electron chi connectivity index (χ0n) is 16.9. The Balaban J connectivity index is 1.94. The molecule has 1 aliphatic heterocycles. The Kier molecular flexibility index (Phi) is 5.83. The Bertz CT molecular complexity index is 1010. The molecule has 2 heterocycles. The summed E-state index contributed by atoms with van der Waals surface area (Å²) in [4.78, 5) is 38.0. The van der Waals surface area contributed by atoms with E-state index in [-0.39, 0.29) is 4.91 Å². The predicted molar refractivity (Wildman–Crippen MR) is 111 cm³/mol. The van der Waals surface area contributed by atoms with E-state index < -0.39 is 23.2 Å². The van der Waals surface area contributed by atoms with Crippen LogP contribution in [-0.2, 0) is 14.3 Å². The summed E-state index contributed by atoms with van der Waals surface area (Å²) in [6.07, 6.45) is 1.69. The first-order chi connectivity index (χ1) is 13.8. The number of esters is 1. The van der Waals surface area contributed by atoms with E-state index in [0.717, 1.165) is 45.1 Å². The number of hydrogen-bond acceptors (Lipinski definition) is 6. The van der Waals surface area contributed by atoms with Crippen LogP contribution in [0.2, 0.25) is 0 Å². The first-order valence-electron chi connectivity index (χ1n) is 8.96. The van der Waals surface area contributed by atoms with E-state index in [2.05, 4.69) is 9.30 Å². The molecule has 1 atom stereocenters. The first kappa shape index (κ1) is 20.7. The van der Waals surface area contributed by atoms with Crippen molar-refractivity contribution in [1.82, 2.24) is 9.47 Å². The predicted octanol–water partition coefficient (Wildman–Crippen LogP) is 3.70. The van der Waals surface area contributed by atoms with Gasteiger partial charge in [-0.1, -0.05) is 0 Å². The second-order valence-corrected chi connectivity index (χ2v) is 7.60. The molecule has 0 bridgehead atoms. The van der Waals surface area contributed by atoms with Crippen LogP contribution in [0, 0.1) is 13.8 Å². The normalized spacial score (nSPS) is 16.4. The van der Waals surface area contributed by atoms with Crippen LogP contribution in [-0.4, -0.2) is 46.8 Å². The molecule has 0 saturated carbocycles. The number of amides is 2. The lowest BCUT2D eigenvalue weighted by molar-refractivity contribution is -0.148. The fourth-order valence-corrected chi connectivity index (χ4v) is 4.19. The van der Waals surface area contributed by atoms with Crippen molar-refractivity contribution >= 4 is 35.0 Å². The maximum Gasteiger partial charge on any atom is 0.328 e. The zero-order chi connectivity index (χ0) is 21.3. The van der Waals surface area contributed by atoms with Crippen LogP contribution in [0.25, 0.3) is 11.8 Å². The summed E-state index contributed by atoms with van der Waals surface area (Å²) in [5.74, 6) is -0.358. The molecule has 0 aliphatic carbocycles. The second-order valence-electron chi connectivity index (χ2n) is 6.61. The summed E-state index contributed by atoms with van der Waals surface area (Å²) in [6.45, 7) is 5.39. The number of rotatable bonds is 5. The standard InChI is InChI=1S/C21H22N2O5S/c1-12-10-15(13(2)22(12)16-6-8-17(27-4)9-7-16)11-18-19(24)23(21(26)29-18)14(3)20(25)28-5/h6-11,14H,1-5H3/b18-11+/t14-/m1/s1. The molecule has 2 aromatic rings. The first-order valence-corrected chi connectivity index (χ1v) is 9.78. The van der Waals surface area contributed by atoms with E-state index in [1.54, 1.807) is 13.2 Å². The van der Waals surface area contributed by atoms with Crippen LogP contribution in [0.5, 0.6) is 5.75 Å². The quantitative estimate of drug-likeness (QED) is 0.548. The third-order valence-electron chi connectivity index (χ3n) is 4.84. The van der Waals surface area contributed by atoms with E-state index in [4.69, 9.17) is 4.74 Å². The Morgan fingerprint density at radius 2 is 1.79 bits per heavy atom. The topological polar surface area (TPSA) is 77.8 Å². The lowest BCUT2D eigenvalue weighted by Crippen LogP contribution is -2.42. The number of imide groups is 1. The maximum absolute atomic E-state index is 12.7. The Morgan fingerprint density at radius 1 is 1.14 bits per heavy atom. The van der Waals surface area contributed by atoms with Crippen LogP contribution in [0.4, 0.5) is 4.79 Å². The van der Waals surface area contributed by atoms with Gasteiger partial charge in [0, 0.05) is 17.1 Å². The average molecular weight is 414 g/mol. The number of thioether (sulfide) groups is 1. The van der Waals surface area contributed by atoms with E-state index >= 15 is 0 Å². The molecule has 1 aliphatic rings. The van der Waals surface area contributed by atoms with Crippen molar-refractivity contribution in [3.8, 4) is 11.4 Å². The highest BCUT2D eigenvalue weighted by molar-refractivity contribution is 8.18. The van der Waals surface area contributed by atoms with Gasteiger partial charge in [0.05, 0.1) is 19.1 Å². The molecule has 152 valence electrons. The molecule has 2 amide bonds. The molecule has 0 spiro atoms. The number of carbonyl (C=O) groups is 3. The van der Waals surface area contributed by atoms with Gasteiger partial charge in [0.25, 0.3) is 11.1 Å². The Morgan fingerprint density at radius 3 is 2.38 bits per heavy atom. The summed E-state index contributed by atoms with van der Waals surface area (Å²) in [5.41, 5.74) is 3.71. The molecular weight excluding hydrogens is 392 g/mol. The fourth-order valence-electron chi connectivity index (χ4n) is 3.29. The van der Waals surface area contributed by atoms with Gasteiger partial charge in [-0.15, -0.1) is 0 Å². The monoisotopic (exact) mass is 414 g/mol. The highest BCUT2D eigenvalue weighted by atomic mass is 32.2. The fraction of sp³-hybridized carbons (Fsp3) is 0.286. The molecular formula is C21H22N2O5S. The third-order valence-corrected chi connectivity index (χ3v) is 5.72. The highest BCUT2D eigenvalue weighted by Crippen LogP contribution is 2.35. The minimum Gasteiger partial charge on any atom is -0.497 e. The van der Waals surface area contributed by atoms with Gasteiger partial charge in [-0.3, -0.25) is 14.5 Å². The van der Waals surface area contributed by atoms with Crippen LogP contribution in [0.1, 0.15) is 23.9 Å². The summed E-state index contributed by atoms with van der Waals surface area (Å²) in [6, 6.07) is 8.66. The van der Waals surface area contributed by atoms with E-state index in [1.807, 2.05) is 44.2 Å². The van der Waals surface area contributed by atoms with Gasteiger partial charge >= 0.3 is 5.97 Å². The number of methoxy groups -OCH3 is 2. The molecule has 3 rings (SSSR count). The molecule has 1 aromatic heterocycles. The molecule has 0 radical (unpaired) electrons. The van der Waals surface area contributed by atoms with Crippen molar-refractivity contribution < 1.29 is 23.9 Å². The van der Waals surface area contributed by atoms with Crippen LogP contribution in [0.3, 0.4) is 0 Å². The summed E-state index contributed by atoms with van der Waals surface area (Å²) in [5, 5.41) is -0.483. The van der Waals surface area contributed by atoms with Crippen molar-refractivity contribution in [1.29, 1.82) is 0 Å². The third kappa shape index (κ3) is 3.80. The van der Waals surface area contributed by atoms with E-state index in [1.165, 1.54) is 14.0 Å². The number of benzene rings is 1. The summed E-state index contributed by atoms with van der Waals surface area (Å²) in [7, 11) is 2.84. The number of carbonyl (C=O) groups excluding carboxylic acids is 3. The number of nitrogens with zero attached hydrogens (tertiary/aromatic N) is 2. The molecule has 1 fully saturated rings. The second kappa shape index (κ2) is 8.16. The molecule has 1 aromatic carbocycles. The SMILES string of the molecule is COC(=O)[C@@H](C)N1C(=O)S/C(=C/c2cc(C)n(-c3ccc(OC)cc3)c2C)C1=O. The van der Waals surface area contributed by atoms with Crippen LogP contribution < -0.4 is 4.74 Å². The smallest absolute Gasteiger partial charge is 0.328 e. The van der Waals surface area contributed by atoms with Crippen molar-refractivity contribution in [2.75, 3.05) is 14.2 Å². The van der Waals surface area contributed by atoms with Gasteiger partial charge in [0.2, 0.25) is 0 Å². The molecule has 8 heteroatoms. The highest BCUT2D eigenvalue weighted by Gasteiger charge is 2.41. The minimum absolute atomic E-state index is 0.278. The molecule has 1 saturated heterocycles. The zero-order valence-corrected chi connectivity index (χ0v) is 17.7. The molecule has 7 nitrogen and oxygen atoms in total. The molecule has 0 N–H and O–H groups in total. The van der Waals surface area contributed by atoms with Crippen molar-refractivity contribution in [3.63, 3.8) is 0 Å². The van der Waals surface area contributed by atoms with Gasteiger partial charge in [-0.25, -0.2) is 4.79 Å². The van der Waals surface area contributed by atoms with Crippen molar-refractivity contribution in [3.05, 3.63) is 52.2 Å². The lowest BCUT2D eigenvalue weighted by Gasteiger charge is -2.18. The van der Waals surface area contributed by atoms with Gasteiger partial charge in [-0.2, -0.15) is 0 Å². The Labute approximate surface area is 173 Å². The van der Waals surface area contributed by atoms with Crippen molar-refractivity contribution in [2.45, 2.75) is 26.8 Å². The largest absolute Gasteiger partial charge is 0.497 e. The minimum atomic E-state index is -0.967. The summed E-state index contributed by atoms with van der Waals surface area (Å²) < 4.78 is 11.9. The van der Waals surface area contributed by atoms with Crippen LogP contribution in [0.15, 0.2) is 35.2 Å². The van der Waals surface area contributed by atoms with Gasteiger partial charge < -0.3 is 14.0 Å². The number of ether oxygens (including phenoxy) is 2. The van der Waals surface area contributed by atoms with Gasteiger partial charge in [0.15, 0.2) is 0 Å². The Hall–Kier alpha value is -3.00. The average Bonchev–Trinajstić information content (AvgIpc) is 3.15. The van der Waals surface area contributed by atoms with Crippen LogP contribution >= 0.6 is 11.8 Å². The molecule has 0 unspecified atom stereocenters. The lowest BCUT2D eigenvalue weighted by atomic mass is 10.2. The number of aryl methyl sites for hydroxylation is 1. The van der Waals surface area contributed by atoms with Gasteiger partial charge in [-0.05, 0) is 74.5 Å². The van der Waals surface area contributed by atoms with E-state index in [9.17, 15) is 14.4 Å². The maximum atomic E-state index is 12.7. The molecule has 29 heavy (non-hydrogen) atoms. The van der Waals surface area contributed by atoms with Gasteiger partial charge in [0.1, 0.15) is 11.8 Å².